The van der Waals surface area contributed by atoms with Gasteiger partial charge in [0.2, 0.25) is 0 Å². The molecule has 1 N–H and O–H groups in total. The van der Waals surface area contributed by atoms with Crippen LogP contribution in [0.25, 0.3) is 0 Å². The highest BCUT2D eigenvalue weighted by molar-refractivity contribution is 6.31. The van der Waals surface area contributed by atoms with Crippen molar-refractivity contribution >= 4 is 11.6 Å². The number of rotatable bonds is 10. The molecule has 3 aromatic rings. The fourth-order valence-electron chi connectivity index (χ4n) is 3.17. The van der Waals surface area contributed by atoms with E-state index in [1.54, 1.807) is 6.26 Å². The quantitative estimate of drug-likeness (QED) is 0.476. The number of hydrogen-bond donors (Lipinski definition) is 1. The minimum atomic E-state index is -0.641. The maximum absolute atomic E-state index is 10.6. The van der Waals surface area contributed by atoms with E-state index in [0.29, 0.717) is 30.6 Å². The zero-order valence-corrected chi connectivity index (χ0v) is 17.7. The molecule has 0 aliphatic carbocycles. The predicted molar refractivity (Wildman–Crippen MR) is 116 cm³/mol. The summed E-state index contributed by atoms with van der Waals surface area (Å²) in [7, 11) is 0. The third-order valence-corrected chi connectivity index (χ3v) is 5.14. The lowest BCUT2D eigenvalue weighted by Gasteiger charge is -2.25. The predicted octanol–water partition coefficient (Wildman–Crippen LogP) is 5.50. The van der Waals surface area contributed by atoms with Gasteiger partial charge in [-0.1, -0.05) is 55.8 Å². The van der Waals surface area contributed by atoms with Gasteiger partial charge in [-0.15, -0.1) is 0 Å². The first-order valence-corrected chi connectivity index (χ1v) is 10.3. The molecule has 0 saturated carbocycles. The molecule has 0 fully saturated rings. The average Bonchev–Trinajstić information content (AvgIpc) is 3.21. The molecular formula is C24H28ClNO3. The van der Waals surface area contributed by atoms with Crippen LogP contribution in [0.2, 0.25) is 5.02 Å². The fourth-order valence-corrected chi connectivity index (χ4v) is 3.36. The van der Waals surface area contributed by atoms with Gasteiger partial charge in [-0.05, 0) is 47.4 Å². The zero-order chi connectivity index (χ0) is 20.6. The third-order valence-electron chi connectivity index (χ3n) is 4.77. The first kappa shape index (κ1) is 21.4. The Bertz CT molecular complexity index is 862. The smallest absolute Gasteiger partial charge is 0.119 e. The first-order valence-electron chi connectivity index (χ1n) is 9.90. The fraction of sp³-hybridized carbons (Fsp3) is 0.333. The van der Waals surface area contributed by atoms with Gasteiger partial charge in [0.1, 0.15) is 24.2 Å². The molecule has 0 aliphatic heterocycles. The monoisotopic (exact) mass is 413 g/mol. The molecule has 154 valence electrons. The molecule has 0 bridgehead atoms. The Kier molecular flexibility index (Phi) is 7.76. The molecule has 0 amide bonds. The van der Waals surface area contributed by atoms with Gasteiger partial charge in [-0.2, -0.15) is 0 Å². The summed E-state index contributed by atoms with van der Waals surface area (Å²) in [5.41, 5.74) is 2.28. The van der Waals surface area contributed by atoms with Gasteiger partial charge in [-0.25, -0.2) is 0 Å². The van der Waals surface area contributed by atoms with Crippen LogP contribution < -0.4 is 4.74 Å². The van der Waals surface area contributed by atoms with Crippen LogP contribution in [0.15, 0.2) is 71.3 Å². The molecule has 3 rings (SSSR count). The topological polar surface area (TPSA) is 45.8 Å². The Morgan fingerprint density at radius 1 is 1.00 bits per heavy atom. The van der Waals surface area contributed by atoms with E-state index in [0.717, 1.165) is 17.1 Å². The lowest BCUT2D eigenvalue weighted by Crippen LogP contribution is -2.35. The van der Waals surface area contributed by atoms with E-state index in [1.165, 1.54) is 5.56 Å². The van der Waals surface area contributed by atoms with Crippen molar-refractivity contribution < 1.29 is 14.3 Å². The number of aliphatic hydroxyl groups is 1. The van der Waals surface area contributed by atoms with Crippen molar-refractivity contribution in [2.24, 2.45) is 0 Å². The van der Waals surface area contributed by atoms with Gasteiger partial charge in [0.25, 0.3) is 0 Å². The van der Waals surface area contributed by atoms with Gasteiger partial charge in [0.05, 0.1) is 12.8 Å². The van der Waals surface area contributed by atoms with E-state index in [-0.39, 0.29) is 6.61 Å². The second-order valence-electron chi connectivity index (χ2n) is 7.53. The van der Waals surface area contributed by atoms with E-state index in [9.17, 15) is 5.11 Å². The highest BCUT2D eigenvalue weighted by Crippen LogP contribution is 2.20. The van der Waals surface area contributed by atoms with Crippen molar-refractivity contribution in [1.82, 2.24) is 4.90 Å². The first-order chi connectivity index (χ1) is 14.0. The van der Waals surface area contributed by atoms with E-state index < -0.39 is 6.10 Å². The Labute approximate surface area is 177 Å². The molecule has 2 aromatic carbocycles. The number of aliphatic hydroxyl groups excluding tert-OH is 1. The Hall–Kier alpha value is -2.27. The van der Waals surface area contributed by atoms with Crippen LogP contribution in [0.1, 0.15) is 36.7 Å². The van der Waals surface area contributed by atoms with Gasteiger partial charge in [0.15, 0.2) is 0 Å². The second kappa shape index (κ2) is 10.5. The summed E-state index contributed by atoms with van der Waals surface area (Å²) < 4.78 is 11.3. The second-order valence-corrected chi connectivity index (χ2v) is 7.94. The molecular weight excluding hydrogens is 386 g/mol. The Morgan fingerprint density at radius 3 is 2.41 bits per heavy atom. The van der Waals surface area contributed by atoms with Crippen molar-refractivity contribution in [1.29, 1.82) is 0 Å². The minimum Gasteiger partial charge on any atom is -0.491 e. The van der Waals surface area contributed by atoms with Crippen LogP contribution in [-0.2, 0) is 13.1 Å². The van der Waals surface area contributed by atoms with Crippen molar-refractivity contribution in [3.63, 3.8) is 0 Å². The maximum atomic E-state index is 10.6. The number of halogens is 1. The summed E-state index contributed by atoms with van der Waals surface area (Å²) in [6.45, 7) is 6.17. The minimum absolute atomic E-state index is 0.220. The zero-order valence-electron chi connectivity index (χ0n) is 16.9. The number of benzene rings is 2. The lowest BCUT2D eigenvalue weighted by atomic mass is 10.0. The molecule has 1 atom stereocenters. The van der Waals surface area contributed by atoms with Crippen molar-refractivity contribution in [3.05, 3.63) is 88.8 Å². The van der Waals surface area contributed by atoms with Crippen molar-refractivity contribution in [2.75, 3.05) is 13.2 Å². The largest absolute Gasteiger partial charge is 0.491 e. The van der Waals surface area contributed by atoms with Gasteiger partial charge < -0.3 is 14.3 Å². The number of hydrogen-bond acceptors (Lipinski definition) is 4. The highest BCUT2D eigenvalue weighted by Gasteiger charge is 2.16. The molecule has 5 heteroatoms. The van der Waals surface area contributed by atoms with Gasteiger partial charge >= 0.3 is 0 Å². The molecule has 0 radical (unpaired) electrons. The number of ether oxygens (including phenoxy) is 1. The van der Waals surface area contributed by atoms with Gasteiger partial charge in [0, 0.05) is 18.1 Å². The van der Waals surface area contributed by atoms with Crippen LogP contribution in [-0.4, -0.2) is 29.3 Å². The standard InChI is InChI=1S/C24H28ClNO3/c1-18(2)19-9-11-22(12-10-19)29-17-21(27)15-26(16-23-7-5-13-28-23)14-20-6-3-4-8-24(20)25/h3-13,18,21,27H,14-17H2,1-2H3. The Morgan fingerprint density at radius 2 is 1.76 bits per heavy atom. The number of nitrogens with zero attached hydrogens (tertiary/aromatic N) is 1. The van der Waals surface area contributed by atoms with E-state index in [1.807, 2.05) is 48.5 Å². The SMILES string of the molecule is CC(C)c1ccc(OCC(O)CN(Cc2ccco2)Cc2ccccc2Cl)cc1. The summed E-state index contributed by atoms with van der Waals surface area (Å²) >= 11 is 6.33. The van der Waals surface area contributed by atoms with Gasteiger partial charge in [-0.3, -0.25) is 4.90 Å². The summed E-state index contributed by atoms with van der Waals surface area (Å²) in [5.74, 6) is 2.08. The third kappa shape index (κ3) is 6.64. The summed E-state index contributed by atoms with van der Waals surface area (Å²) in [6.07, 6.45) is 1.01. The van der Waals surface area contributed by atoms with Crippen LogP contribution in [0.5, 0.6) is 5.75 Å². The molecule has 29 heavy (non-hydrogen) atoms. The lowest BCUT2D eigenvalue weighted by molar-refractivity contribution is 0.0605. The van der Waals surface area contributed by atoms with E-state index in [4.69, 9.17) is 20.8 Å². The number of furan rings is 1. The molecule has 0 saturated heterocycles. The van der Waals surface area contributed by atoms with Crippen LogP contribution in [0.4, 0.5) is 0 Å². The molecule has 1 unspecified atom stereocenters. The summed E-state index contributed by atoms with van der Waals surface area (Å²) in [6, 6.07) is 19.6. The Balaban J connectivity index is 1.59. The normalized spacial score (nSPS) is 12.5. The summed E-state index contributed by atoms with van der Waals surface area (Å²) in [5, 5.41) is 11.3. The van der Waals surface area contributed by atoms with Crippen molar-refractivity contribution in [2.45, 2.75) is 39.0 Å². The van der Waals surface area contributed by atoms with Crippen LogP contribution in [0, 0.1) is 0 Å². The molecule has 0 spiro atoms. The van der Waals surface area contributed by atoms with Crippen molar-refractivity contribution in [3.8, 4) is 5.75 Å². The molecule has 4 nitrogen and oxygen atoms in total. The molecule has 1 heterocycles. The maximum Gasteiger partial charge on any atom is 0.119 e. The van der Waals surface area contributed by atoms with E-state index in [2.05, 4.69) is 30.9 Å². The van der Waals surface area contributed by atoms with Crippen LogP contribution >= 0.6 is 11.6 Å². The highest BCUT2D eigenvalue weighted by atomic mass is 35.5. The van der Waals surface area contributed by atoms with E-state index >= 15 is 0 Å². The summed E-state index contributed by atoms with van der Waals surface area (Å²) in [4.78, 5) is 2.11. The van der Waals surface area contributed by atoms with Crippen LogP contribution in [0.3, 0.4) is 0 Å². The average molecular weight is 414 g/mol. The molecule has 1 aromatic heterocycles. The molecule has 0 aliphatic rings.